The Labute approximate surface area is 153 Å². The third-order valence-electron chi connectivity index (χ3n) is 3.71. The number of anilines is 2. The first-order chi connectivity index (χ1) is 12.6. The number of benzene rings is 2. The molecule has 0 radical (unpaired) electrons. The number of rotatable bonds is 8. The lowest BCUT2D eigenvalue weighted by atomic mass is 10.1. The summed E-state index contributed by atoms with van der Waals surface area (Å²) in [5.74, 6) is 1.13. The topological polar surface area (TPSA) is 83.4 Å². The summed E-state index contributed by atoms with van der Waals surface area (Å²) in [6.45, 7) is 1.71. The molecule has 0 heterocycles. The molecule has 0 saturated heterocycles. The van der Waals surface area contributed by atoms with Crippen molar-refractivity contribution in [3.05, 3.63) is 59.8 Å². The van der Waals surface area contributed by atoms with E-state index in [0.29, 0.717) is 11.4 Å². The van der Waals surface area contributed by atoms with Gasteiger partial charge in [-0.15, -0.1) is 0 Å². The second-order valence-corrected chi connectivity index (χ2v) is 5.47. The van der Waals surface area contributed by atoms with Gasteiger partial charge in [-0.25, -0.2) is 0 Å². The van der Waals surface area contributed by atoms with E-state index in [1.165, 1.54) is 0 Å². The number of hydrogen-bond donors (Lipinski definition) is 2. The molecule has 6 heteroatoms. The number of carbonyl (C=O) groups excluding carboxylic acids is 1. The second kappa shape index (κ2) is 9.14. The maximum atomic E-state index is 12.4. The van der Waals surface area contributed by atoms with Crippen molar-refractivity contribution in [2.75, 3.05) is 31.4 Å². The van der Waals surface area contributed by atoms with Crippen LogP contribution in [0.3, 0.4) is 0 Å². The van der Waals surface area contributed by atoms with Crippen LogP contribution in [0.2, 0.25) is 0 Å². The van der Waals surface area contributed by atoms with Crippen LogP contribution in [-0.4, -0.2) is 26.5 Å². The zero-order valence-electron chi connectivity index (χ0n) is 15.0. The summed E-state index contributed by atoms with van der Waals surface area (Å²) in [6.07, 6.45) is 0. The molecule has 0 aliphatic carbocycles. The minimum Gasteiger partial charge on any atom is -0.497 e. The fourth-order valence-electron chi connectivity index (χ4n) is 2.31. The fourth-order valence-corrected chi connectivity index (χ4v) is 2.31. The predicted molar refractivity (Wildman–Crippen MR) is 101 cm³/mol. The van der Waals surface area contributed by atoms with Crippen LogP contribution in [0.5, 0.6) is 11.5 Å². The number of hydrogen-bond acceptors (Lipinski definition) is 6. The molecular formula is C20H21N3O3. The summed E-state index contributed by atoms with van der Waals surface area (Å²) >= 11 is 0. The Hall–Kier alpha value is -3.46. The minimum absolute atomic E-state index is 0.0116. The summed E-state index contributed by atoms with van der Waals surface area (Å²) in [4.78, 5) is 12.4. The number of allylic oxidation sites excluding steroid dienone is 1. The molecule has 2 rings (SSSR count). The Morgan fingerprint density at radius 2 is 1.73 bits per heavy atom. The van der Waals surface area contributed by atoms with Crippen molar-refractivity contribution < 1.29 is 14.3 Å². The van der Waals surface area contributed by atoms with Crippen LogP contribution in [-0.2, 0) is 4.79 Å². The number of methoxy groups -OCH3 is 2. The molecule has 26 heavy (non-hydrogen) atoms. The van der Waals surface area contributed by atoms with Crippen LogP contribution < -0.4 is 20.1 Å². The van der Waals surface area contributed by atoms with Crippen LogP contribution in [0.1, 0.15) is 6.92 Å². The molecular weight excluding hydrogens is 330 g/mol. The van der Waals surface area contributed by atoms with Gasteiger partial charge >= 0.3 is 0 Å². The molecule has 0 saturated carbocycles. The normalized spacial score (nSPS) is 11.0. The average molecular weight is 351 g/mol. The molecule has 2 N–H and O–H groups in total. The van der Waals surface area contributed by atoms with Gasteiger partial charge in [0.1, 0.15) is 23.1 Å². The molecule has 0 aromatic heterocycles. The number of ketones is 1. The number of nitrogens with zero attached hydrogens (tertiary/aromatic N) is 1. The van der Waals surface area contributed by atoms with Crippen molar-refractivity contribution in [1.82, 2.24) is 0 Å². The van der Waals surface area contributed by atoms with E-state index in [-0.39, 0.29) is 17.9 Å². The zero-order valence-corrected chi connectivity index (χ0v) is 15.0. The first-order valence-corrected chi connectivity index (χ1v) is 8.00. The molecule has 0 aliphatic rings. The number of carbonyl (C=O) groups is 1. The molecule has 0 fully saturated rings. The van der Waals surface area contributed by atoms with Gasteiger partial charge in [-0.2, -0.15) is 5.26 Å². The molecule has 0 atom stereocenters. The quantitative estimate of drug-likeness (QED) is 0.558. The molecule has 2 aromatic carbocycles. The van der Waals surface area contributed by atoms with E-state index in [4.69, 9.17) is 9.47 Å². The Morgan fingerprint density at radius 1 is 1.04 bits per heavy atom. The van der Waals surface area contributed by atoms with Gasteiger partial charge < -0.3 is 20.1 Å². The van der Waals surface area contributed by atoms with Crippen molar-refractivity contribution in [2.24, 2.45) is 0 Å². The van der Waals surface area contributed by atoms with Gasteiger partial charge in [-0.1, -0.05) is 6.07 Å². The van der Waals surface area contributed by atoms with Crippen molar-refractivity contribution in [3.8, 4) is 17.6 Å². The number of ether oxygens (including phenoxy) is 2. The maximum absolute atomic E-state index is 12.4. The lowest BCUT2D eigenvalue weighted by Gasteiger charge is -2.11. The highest BCUT2D eigenvalue weighted by Gasteiger charge is 2.13. The van der Waals surface area contributed by atoms with Crippen molar-refractivity contribution in [1.29, 1.82) is 5.26 Å². The number of nitrogens with one attached hydrogen (secondary N) is 2. The highest BCUT2D eigenvalue weighted by Crippen LogP contribution is 2.19. The lowest BCUT2D eigenvalue weighted by molar-refractivity contribution is -0.113. The van der Waals surface area contributed by atoms with Crippen LogP contribution in [0.25, 0.3) is 0 Å². The molecule has 0 spiro atoms. The maximum Gasteiger partial charge on any atom is 0.194 e. The van der Waals surface area contributed by atoms with E-state index in [1.807, 2.05) is 36.4 Å². The van der Waals surface area contributed by atoms with Gasteiger partial charge in [-0.05, 0) is 43.3 Å². The van der Waals surface area contributed by atoms with Crippen LogP contribution in [0, 0.1) is 11.3 Å². The summed E-state index contributed by atoms with van der Waals surface area (Å²) in [6, 6.07) is 16.5. The SMILES string of the molecule is COc1ccc(N/C(C)=C(/C#N)C(=O)CNc2cccc(OC)c2)cc1. The zero-order chi connectivity index (χ0) is 18.9. The van der Waals surface area contributed by atoms with Crippen molar-refractivity contribution >= 4 is 17.2 Å². The molecule has 6 nitrogen and oxygen atoms in total. The monoisotopic (exact) mass is 351 g/mol. The van der Waals surface area contributed by atoms with E-state index in [1.54, 1.807) is 39.3 Å². The average Bonchev–Trinajstić information content (AvgIpc) is 2.67. The van der Waals surface area contributed by atoms with Crippen LogP contribution in [0.4, 0.5) is 11.4 Å². The van der Waals surface area contributed by atoms with Crippen LogP contribution >= 0.6 is 0 Å². The Bertz CT molecular complexity index is 836. The van der Waals surface area contributed by atoms with Crippen molar-refractivity contribution in [3.63, 3.8) is 0 Å². The van der Waals surface area contributed by atoms with Gasteiger partial charge in [-0.3, -0.25) is 4.79 Å². The third-order valence-corrected chi connectivity index (χ3v) is 3.71. The lowest BCUT2D eigenvalue weighted by Crippen LogP contribution is -2.18. The van der Waals surface area contributed by atoms with Gasteiger partial charge in [0.15, 0.2) is 5.78 Å². The van der Waals surface area contributed by atoms with E-state index in [9.17, 15) is 10.1 Å². The molecule has 0 aliphatic heterocycles. The highest BCUT2D eigenvalue weighted by atomic mass is 16.5. The molecule has 0 amide bonds. The van der Waals surface area contributed by atoms with Gasteiger partial charge in [0.2, 0.25) is 0 Å². The standard InChI is InChI=1S/C20H21N3O3/c1-14(23-15-7-9-17(25-2)10-8-15)19(12-21)20(24)13-22-16-5-4-6-18(11-16)26-3/h4-11,22-23H,13H2,1-3H3/b19-14-. The van der Waals surface area contributed by atoms with Gasteiger partial charge in [0.05, 0.1) is 20.8 Å². The predicted octanol–water partition coefficient (Wildman–Crippen LogP) is 3.59. The van der Waals surface area contributed by atoms with Crippen molar-refractivity contribution in [2.45, 2.75) is 6.92 Å². The van der Waals surface area contributed by atoms with Gasteiger partial charge in [0.25, 0.3) is 0 Å². The Balaban J connectivity index is 2.05. The highest BCUT2D eigenvalue weighted by molar-refractivity contribution is 6.02. The second-order valence-electron chi connectivity index (χ2n) is 5.47. The van der Waals surface area contributed by atoms with E-state index in [0.717, 1.165) is 17.1 Å². The van der Waals surface area contributed by atoms with Crippen LogP contribution in [0.15, 0.2) is 59.8 Å². The fraction of sp³-hybridized carbons (Fsp3) is 0.200. The first-order valence-electron chi connectivity index (χ1n) is 8.00. The van der Waals surface area contributed by atoms with Gasteiger partial charge in [0, 0.05) is 23.1 Å². The minimum atomic E-state index is -0.297. The molecule has 0 bridgehead atoms. The van der Waals surface area contributed by atoms with E-state index >= 15 is 0 Å². The van der Waals surface area contributed by atoms with E-state index in [2.05, 4.69) is 10.6 Å². The van der Waals surface area contributed by atoms with E-state index < -0.39 is 0 Å². The molecule has 134 valence electrons. The molecule has 2 aromatic rings. The first kappa shape index (κ1) is 18.9. The summed E-state index contributed by atoms with van der Waals surface area (Å²) < 4.78 is 10.3. The third kappa shape index (κ3) is 5.02. The Kier molecular flexibility index (Phi) is 6.63. The number of Topliss-reactive ketones (excluding diaryl/α,β-unsaturated/α-hetero) is 1. The Morgan fingerprint density at radius 3 is 2.35 bits per heavy atom. The smallest absolute Gasteiger partial charge is 0.194 e. The summed E-state index contributed by atoms with van der Waals surface area (Å²) in [7, 11) is 3.17. The summed E-state index contributed by atoms with van der Waals surface area (Å²) in [5, 5.41) is 15.5. The summed E-state index contributed by atoms with van der Waals surface area (Å²) in [5.41, 5.74) is 2.09. The number of nitriles is 1. The molecule has 0 unspecified atom stereocenters. The largest absolute Gasteiger partial charge is 0.497 e.